The summed E-state index contributed by atoms with van der Waals surface area (Å²) in [6.07, 6.45) is 42.0. The van der Waals surface area contributed by atoms with Crippen molar-refractivity contribution in [3.8, 4) is 0 Å². The Morgan fingerprint density at radius 2 is 1.35 bits per heavy atom. The first-order valence-electron chi connectivity index (χ1n) is 18.4. The highest BCUT2D eigenvalue weighted by Gasteiger charge is 2.22. The lowest BCUT2D eigenvalue weighted by atomic mass is 9.78. The molecule has 0 aliphatic heterocycles. The van der Waals surface area contributed by atoms with E-state index in [1.165, 1.54) is 34.3 Å². The summed E-state index contributed by atoms with van der Waals surface area (Å²) in [5.74, 6) is 1.16. The molecule has 0 saturated carbocycles. The summed E-state index contributed by atoms with van der Waals surface area (Å²) in [5, 5.41) is 0. The Morgan fingerprint density at radius 3 is 1.92 bits per heavy atom. The molecule has 0 heterocycles. The summed E-state index contributed by atoms with van der Waals surface area (Å²) < 4.78 is 0. The normalized spacial score (nSPS) is 19.2. The van der Waals surface area contributed by atoms with Gasteiger partial charge in [-0.2, -0.15) is 0 Å². The number of hydrogen-bond donors (Lipinski definition) is 0. The highest BCUT2D eigenvalue weighted by atomic mass is 14.3. The van der Waals surface area contributed by atoms with E-state index in [1.54, 1.807) is 0 Å². The minimum absolute atomic E-state index is 0.0596. The summed E-state index contributed by atoms with van der Waals surface area (Å²) in [4.78, 5) is 0. The van der Waals surface area contributed by atoms with Gasteiger partial charge in [0.15, 0.2) is 0 Å². The van der Waals surface area contributed by atoms with E-state index in [1.807, 2.05) is 25.1 Å². The molecule has 0 radical (unpaired) electrons. The van der Waals surface area contributed by atoms with E-state index in [9.17, 15) is 0 Å². The van der Waals surface area contributed by atoms with Crippen LogP contribution >= 0.6 is 0 Å². The molecule has 4 unspecified atom stereocenters. The Hall–Kier alpha value is -5.20. The Morgan fingerprint density at radius 1 is 0.686 bits per heavy atom. The van der Waals surface area contributed by atoms with E-state index < -0.39 is 0 Å². The van der Waals surface area contributed by atoms with Crippen molar-refractivity contribution in [1.82, 2.24) is 0 Å². The van der Waals surface area contributed by atoms with Gasteiger partial charge in [0.05, 0.1) is 0 Å². The van der Waals surface area contributed by atoms with Crippen LogP contribution in [0.1, 0.15) is 69.4 Å². The molecular weight excluding hydrogens is 613 g/mol. The lowest BCUT2D eigenvalue weighted by Crippen LogP contribution is -2.10. The minimum Gasteiger partial charge on any atom is -0.0949 e. The largest absolute Gasteiger partial charge is 0.0949 e. The average Bonchev–Trinajstić information content (AvgIpc) is 3.17. The summed E-state index contributed by atoms with van der Waals surface area (Å²) >= 11 is 0. The third kappa shape index (κ3) is 11.4. The summed E-state index contributed by atoms with van der Waals surface area (Å²) in [5.41, 5.74) is 10.1. The van der Waals surface area contributed by atoms with Crippen LogP contribution in [-0.4, -0.2) is 0 Å². The van der Waals surface area contributed by atoms with Gasteiger partial charge in [0, 0.05) is 17.8 Å². The summed E-state index contributed by atoms with van der Waals surface area (Å²) in [6.45, 7) is 23.9. The van der Waals surface area contributed by atoms with Crippen molar-refractivity contribution in [2.45, 2.75) is 58.3 Å². The Balaban J connectivity index is 1.42. The van der Waals surface area contributed by atoms with Crippen molar-refractivity contribution in [3.63, 3.8) is 0 Å². The molecule has 0 N–H and O–H groups in total. The second kappa shape index (κ2) is 20.5. The van der Waals surface area contributed by atoms with Gasteiger partial charge in [-0.3, -0.25) is 0 Å². The number of allylic oxidation sites excluding steroid dienone is 24. The molecule has 51 heavy (non-hydrogen) atoms. The van der Waals surface area contributed by atoms with Gasteiger partial charge in [-0.1, -0.05) is 190 Å². The molecule has 2 aromatic rings. The molecule has 4 rings (SSSR count). The maximum absolute atomic E-state index is 4.57. The van der Waals surface area contributed by atoms with Gasteiger partial charge in [-0.05, 0) is 103 Å². The van der Waals surface area contributed by atoms with Crippen molar-refractivity contribution in [3.05, 3.63) is 240 Å². The molecule has 0 heteroatoms. The first-order chi connectivity index (χ1) is 24.9. The van der Waals surface area contributed by atoms with Crippen LogP contribution in [0.4, 0.5) is 0 Å². The fraction of sp³-hybridized carbons (Fsp3) is 0.216. The highest BCUT2D eigenvalue weighted by molar-refractivity contribution is 5.53. The molecule has 260 valence electrons. The zero-order valence-corrected chi connectivity index (χ0v) is 31.1. The lowest BCUT2D eigenvalue weighted by Gasteiger charge is -2.26. The van der Waals surface area contributed by atoms with Gasteiger partial charge in [0.2, 0.25) is 0 Å². The van der Waals surface area contributed by atoms with Crippen LogP contribution in [0.5, 0.6) is 0 Å². The van der Waals surface area contributed by atoms with Crippen molar-refractivity contribution in [1.29, 1.82) is 0 Å². The van der Waals surface area contributed by atoms with Crippen LogP contribution in [0.2, 0.25) is 0 Å². The first kappa shape index (κ1) is 38.6. The van der Waals surface area contributed by atoms with E-state index in [0.29, 0.717) is 11.8 Å². The van der Waals surface area contributed by atoms with Gasteiger partial charge in [-0.25, -0.2) is 0 Å². The zero-order chi connectivity index (χ0) is 36.4. The van der Waals surface area contributed by atoms with Gasteiger partial charge >= 0.3 is 0 Å². The Labute approximate surface area is 309 Å². The molecule has 0 nitrogen and oxygen atoms in total. The van der Waals surface area contributed by atoms with Crippen molar-refractivity contribution >= 4 is 0 Å². The minimum atomic E-state index is 0.0596. The molecular formula is C51H56. The molecule has 2 aliphatic carbocycles. The smallest absolute Gasteiger partial charge is 0.0330 e. The van der Waals surface area contributed by atoms with Gasteiger partial charge in [0.1, 0.15) is 0 Å². The number of rotatable bonds is 17. The quantitative estimate of drug-likeness (QED) is 0.147. The van der Waals surface area contributed by atoms with Crippen LogP contribution in [0.3, 0.4) is 0 Å². The van der Waals surface area contributed by atoms with Crippen molar-refractivity contribution in [2.24, 2.45) is 11.8 Å². The number of hydrogen-bond acceptors (Lipinski definition) is 0. The van der Waals surface area contributed by atoms with Gasteiger partial charge in [0.25, 0.3) is 0 Å². The zero-order valence-electron chi connectivity index (χ0n) is 31.1. The average molecular weight is 669 g/mol. The molecule has 2 aliphatic rings. The third-order valence-corrected chi connectivity index (χ3v) is 9.69. The van der Waals surface area contributed by atoms with Crippen molar-refractivity contribution in [2.75, 3.05) is 0 Å². The lowest BCUT2D eigenvalue weighted by molar-refractivity contribution is 0.591. The molecule has 0 aromatic heterocycles. The van der Waals surface area contributed by atoms with E-state index in [4.69, 9.17) is 0 Å². The van der Waals surface area contributed by atoms with Gasteiger partial charge in [-0.15, -0.1) is 0 Å². The van der Waals surface area contributed by atoms with Crippen LogP contribution in [0.15, 0.2) is 229 Å². The standard InChI is InChI=1S/C51H56/c1-8-11-12-13-16-22-43-31-33-45(34-32-43)46-35-37-49(38-36-46)51(48-25-19-15-20-26-48)42(7)30-28-40(5)39(4)27-29-41(6)50(44(10-3)21-9-2)47-23-17-14-18-24-47/h8-15,17-21,23-31,33-35,37-38,43,46,50-51H,4-7,16,22,32,36H2,1-3H3. The molecule has 4 atom stereocenters. The predicted molar refractivity (Wildman–Crippen MR) is 226 cm³/mol. The van der Waals surface area contributed by atoms with E-state index in [2.05, 4.69) is 186 Å². The van der Waals surface area contributed by atoms with Crippen LogP contribution < -0.4 is 0 Å². The van der Waals surface area contributed by atoms with E-state index in [-0.39, 0.29) is 11.8 Å². The number of benzene rings is 2. The topological polar surface area (TPSA) is 0 Å². The van der Waals surface area contributed by atoms with Crippen molar-refractivity contribution < 1.29 is 0 Å². The fourth-order valence-corrected chi connectivity index (χ4v) is 6.77. The Kier molecular flexibility index (Phi) is 15.5. The molecule has 0 spiro atoms. The second-order valence-electron chi connectivity index (χ2n) is 13.3. The molecule has 0 saturated heterocycles. The van der Waals surface area contributed by atoms with Gasteiger partial charge < -0.3 is 0 Å². The van der Waals surface area contributed by atoms with E-state index >= 15 is 0 Å². The van der Waals surface area contributed by atoms with Crippen LogP contribution in [0.25, 0.3) is 0 Å². The molecule has 2 aromatic carbocycles. The first-order valence-corrected chi connectivity index (χ1v) is 18.4. The third-order valence-electron chi connectivity index (χ3n) is 9.69. The highest BCUT2D eigenvalue weighted by Crippen LogP contribution is 2.38. The van der Waals surface area contributed by atoms with E-state index in [0.717, 1.165) is 41.6 Å². The summed E-state index contributed by atoms with van der Waals surface area (Å²) in [7, 11) is 0. The summed E-state index contributed by atoms with van der Waals surface area (Å²) in [6, 6.07) is 21.2. The van der Waals surface area contributed by atoms with Crippen LogP contribution in [0, 0.1) is 11.8 Å². The monoisotopic (exact) mass is 668 g/mol. The predicted octanol–water partition coefficient (Wildman–Crippen LogP) is 14.3. The molecule has 0 amide bonds. The molecule has 0 fully saturated rings. The fourth-order valence-electron chi connectivity index (χ4n) is 6.77. The Bertz CT molecular complexity index is 1820. The second-order valence-corrected chi connectivity index (χ2v) is 13.3. The molecule has 0 bridgehead atoms. The van der Waals surface area contributed by atoms with Crippen LogP contribution in [-0.2, 0) is 0 Å². The maximum Gasteiger partial charge on any atom is 0.0330 e. The SMILES string of the molecule is C=C(C=CC(=C)C(C(C=CC)=CC)c1ccccc1)C(=C)C=CC(=C)C(C1=CCC(C2=CCC(CCC=CC=CC)C=C2)C=C1)c1ccccc1. The maximum atomic E-state index is 4.57.